The SMILES string of the molecule is O=CN1CCC(c2ccc(F)cc2)CC1c1cnc(Cl)cc1Nc1ccc2c(c1)COC2. The Bertz CT molecular complexity index is 1140. The van der Waals surface area contributed by atoms with Crippen LogP contribution < -0.4 is 5.32 Å². The Morgan fingerprint density at radius 1 is 1.12 bits per heavy atom. The Hall–Kier alpha value is -2.96. The van der Waals surface area contributed by atoms with Crippen LogP contribution in [0.1, 0.15) is 47.1 Å². The lowest BCUT2D eigenvalue weighted by molar-refractivity contribution is -0.121. The van der Waals surface area contributed by atoms with Crippen molar-refractivity contribution < 1.29 is 13.9 Å². The van der Waals surface area contributed by atoms with E-state index in [1.54, 1.807) is 12.3 Å². The molecule has 0 saturated carbocycles. The molecule has 2 atom stereocenters. The van der Waals surface area contributed by atoms with Crippen LogP contribution in [0.2, 0.25) is 5.15 Å². The van der Waals surface area contributed by atoms with Crippen LogP contribution in [0.3, 0.4) is 0 Å². The minimum atomic E-state index is -0.247. The van der Waals surface area contributed by atoms with E-state index < -0.39 is 0 Å². The van der Waals surface area contributed by atoms with Gasteiger partial charge >= 0.3 is 0 Å². The maximum atomic E-state index is 13.4. The minimum absolute atomic E-state index is 0.165. The number of carbonyl (C=O) groups is 1. The van der Waals surface area contributed by atoms with E-state index in [2.05, 4.69) is 22.4 Å². The lowest BCUT2D eigenvalue weighted by atomic mass is 9.83. The lowest BCUT2D eigenvalue weighted by Gasteiger charge is -2.38. The summed E-state index contributed by atoms with van der Waals surface area (Å²) in [6.07, 6.45) is 4.20. The summed E-state index contributed by atoms with van der Waals surface area (Å²) in [5, 5.41) is 3.85. The third kappa shape index (κ3) is 4.20. The summed E-state index contributed by atoms with van der Waals surface area (Å²) in [5.41, 5.74) is 6.11. The summed E-state index contributed by atoms with van der Waals surface area (Å²) in [4.78, 5) is 18.0. The van der Waals surface area contributed by atoms with Crippen LogP contribution in [0, 0.1) is 5.82 Å². The fourth-order valence-electron chi connectivity index (χ4n) is 4.67. The Labute approximate surface area is 191 Å². The number of aromatic nitrogens is 1. The molecule has 1 N–H and O–H groups in total. The van der Waals surface area contributed by atoms with Crippen molar-refractivity contribution in [3.63, 3.8) is 0 Å². The van der Waals surface area contributed by atoms with E-state index in [9.17, 15) is 9.18 Å². The average Bonchev–Trinajstić information content (AvgIpc) is 3.27. The Kier molecular flexibility index (Phi) is 5.81. The molecule has 164 valence electrons. The second-order valence-electron chi connectivity index (χ2n) is 8.33. The van der Waals surface area contributed by atoms with Gasteiger partial charge in [0, 0.05) is 29.7 Å². The highest BCUT2D eigenvalue weighted by Crippen LogP contribution is 2.42. The molecule has 1 amide bonds. The molecule has 5 nitrogen and oxygen atoms in total. The monoisotopic (exact) mass is 451 g/mol. The smallest absolute Gasteiger partial charge is 0.210 e. The number of fused-ring (bicyclic) bond motifs is 1. The lowest BCUT2D eigenvalue weighted by Crippen LogP contribution is -2.35. The fraction of sp³-hybridized carbons (Fsp3) is 0.280. The van der Waals surface area contributed by atoms with E-state index in [0.717, 1.165) is 41.8 Å². The van der Waals surface area contributed by atoms with Gasteiger partial charge in [-0.3, -0.25) is 4.79 Å². The second-order valence-corrected chi connectivity index (χ2v) is 8.71. The predicted molar refractivity (Wildman–Crippen MR) is 121 cm³/mol. The van der Waals surface area contributed by atoms with E-state index >= 15 is 0 Å². The number of benzene rings is 2. The standard InChI is InChI=1S/C25H23ClFN3O2/c26-25-11-23(29-21-6-3-18-13-32-14-19(18)9-21)22(12-28-25)24-10-17(7-8-30(24)15-31)16-1-4-20(27)5-2-16/h1-6,9,11-12,15,17,24H,7-8,10,13-14H2,(H,28,29). The molecule has 2 aromatic carbocycles. The van der Waals surface area contributed by atoms with Gasteiger partial charge in [-0.05, 0) is 65.8 Å². The molecule has 5 rings (SSSR count). The molecule has 3 aromatic rings. The van der Waals surface area contributed by atoms with Crippen LogP contribution in [0.4, 0.5) is 15.8 Å². The molecule has 2 unspecified atom stereocenters. The first-order valence-electron chi connectivity index (χ1n) is 10.7. The summed E-state index contributed by atoms with van der Waals surface area (Å²) < 4.78 is 18.9. The molecule has 1 saturated heterocycles. The molecular formula is C25H23ClFN3O2. The van der Waals surface area contributed by atoms with Gasteiger partial charge in [0.1, 0.15) is 11.0 Å². The van der Waals surface area contributed by atoms with Gasteiger partial charge in [-0.1, -0.05) is 29.8 Å². The highest BCUT2D eigenvalue weighted by Gasteiger charge is 2.31. The van der Waals surface area contributed by atoms with Gasteiger partial charge in [-0.2, -0.15) is 0 Å². The number of halogens is 2. The average molecular weight is 452 g/mol. The van der Waals surface area contributed by atoms with Gasteiger partial charge in [-0.15, -0.1) is 0 Å². The molecule has 3 heterocycles. The van der Waals surface area contributed by atoms with E-state index in [1.807, 2.05) is 23.1 Å². The van der Waals surface area contributed by atoms with Gasteiger partial charge in [0.05, 0.1) is 19.3 Å². The van der Waals surface area contributed by atoms with Crippen molar-refractivity contribution in [3.8, 4) is 0 Å². The van der Waals surface area contributed by atoms with Crippen LogP contribution in [0.25, 0.3) is 0 Å². The molecule has 0 radical (unpaired) electrons. The number of nitrogens with one attached hydrogen (secondary N) is 1. The number of carbonyl (C=O) groups excluding carboxylic acids is 1. The van der Waals surface area contributed by atoms with Gasteiger partial charge in [-0.25, -0.2) is 9.37 Å². The molecule has 0 aliphatic carbocycles. The first-order valence-corrected chi connectivity index (χ1v) is 11.1. The zero-order chi connectivity index (χ0) is 22.1. The number of hydrogen-bond acceptors (Lipinski definition) is 4. The number of pyridine rings is 1. The molecule has 0 spiro atoms. The molecular weight excluding hydrogens is 429 g/mol. The van der Waals surface area contributed by atoms with Gasteiger partial charge < -0.3 is 15.0 Å². The highest BCUT2D eigenvalue weighted by atomic mass is 35.5. The van der Waals surface area contributed by atoms with Crippen LogP contribution in [0.15, 0.2) is 54.7 Å². The molecule has 2 aliphatic rings. The van der Waals surface area contributed by atoms with E-state index in [-0.39, 0.29) is 17.8 Å². The van der Waals surface area contributed by atoms with Crippen molar-refractivity contribution in [3.05, 3.63) is 88.0 Å². The van der Waals surface area contributed by atoms with Crippen molar-refractivity contribution >= 4 is 29.4 Å². The number of anilines is 2. The quantitative estimate of drug-likeness (QED) is 0.398. The number of likely N-dealkylation sites (tertiary alicyclic amines) is 1. The number of nitrogens with zero attached hydrogens (tertiary/aromatic N) is 2. The van der Waals surface area contributed by atoms with Crippen molar-refractivity contribution in [2.24, 2.45) is 0 Å². The van der Waals surface area contributed by atoms with E-state index in [1.165, 1.54) is 23.3 Å². The van der Waals surface area contributed by atoms with E-state index in [4.69, 9.17) is 16.3 Å². The highest BCUT2D eigenvalue weighted by molar-refractivity contribution is 6.29. The van der Waals surface area contributed by atoms with Crippen molar-refractivity contribution in [1.29, 1.82) is 0 Å². The number of piperidine rings is 1. The first-order chi connectivity index (χ1) is 15.6. The molecule has 2 aliphatic heterocycles. The predicted octanol–water partition coefficient (Wildman–Crippen LogP) is 5.73. The van der Waals surface area contributed by atoms with Crippen molar-refractivity contribution in [1.82, 2.24) is 9.88 Å². The largest absolute Gasteiger partial charge is 0.372 e. The number of amides is 1. The maximum Gasteiger partial charge on any atom is 0.210 e. The molecule has 7 heteroatoms. The number of ether oxygens (including phenoxy) is 1. The van der Waals surface area contributed by atoms with Gasteiger partial charge in [0.25, 0.3) is 0 Å². The van der Waals surface area contributed by atoms with Crippen LogP contribution >= 0.6 is 11.6 Å². The normalized spacial score (nSPS) is 20.1. The maximum absolute atomic E-state index is 13.4. The molecule has 0 bridgehead atoms. The molecule has 32 heavy (non-hydrogen) atoms. The molecule has 1 aromatic heterocycles. The minimum Gasteiger partial charge on any atom is -0.372 e. The van der Waals surface area contributed by atoms with E-state index in [0.29, 0.717) is 24.9 Å². The molecule has 1 fully saturated rings. The Balaban J connectivity index is 1.46. The summed E-state index contributed by atoms with van der Waals surface area (Å²) in [6, 6.07) is 14.4. The van der Waals surface area contributed by atoms with Crippen LogP contribution in [-0.2, 0) is 22.7 Å². The summed E-state index contributed by atoms with van der Waals surface area (Å²) in [6.45, 7) is 1.87. The summed E-state index contributed by atoms with van der Waals surface area (Å²) in [5.74, 6) is -0.0266. The summed E-state index contributed by atoms with van der Waals surface area (Å²) in [7, 11) is 0. The zero-order valence-electron chi connectivity index (χ0n) is 17.4. The zero-order valence-corrected chi connectivity index (χ0v) is 18.2. The van der Waals surface area contributed by atoms with Crippen molar-refractivity contribution in [2.75, 3.05) is 11.9 Å². The first kappa shape index (κ1) is 20.9. The third-order valence-corrected chi connectivity index (χ3v) is 6.59. The van der Waals surface area contributed by atoms with Gasteiger partial charge in [0.2, 0.25) is 6.41 Å². The second kappa shape index (κ2) is 8.88. The van der Waals surface area contributed by atoms with Crippen LogP contribution in [0.5, 0.6) is 0 Å². The third-order valence-electron chi connectivity index (χ3n) is 6.38. The van der Waals surface area contributed by atoms with Gasteiger partial charge in [0.15, 0.2) is 0 Å². The number of rotatable bonds is 5. The topological polar surface area (TPSA) is 54.5 Å². The Morgan fingerprint density at radius 3 is 2.75 bits per heavy atom. The van der Waals surface area contributed by atoms with Crippen LogP contribution in [-0.4, -0.2) is 22.8 Å². The Morgan fingerprint density at radius 2 is 1.94 bits per heavy atom. The summed E-state index contributed by atoms with van der Waals surface area (Å²) >= 11 is 6.24. The van der Waals surface area contributed by atoms with Crippen molar-refractivity contribution in [2.45, 2.75) is 38.0 Å². The number of hydrogen-bond donors (Lipinski definition) is 1. The fourth-order valence-corrected chi connectivity index (χ4v) is 4.83.